The number of carboxylic acids is 1. The molecule has 5 aromatic rings. The van der Waals surface area contributed by atoms with E-state index in [1.807, 2.05) is 6.07 Å². The van der Waals surface area contributed by atoms with Crippen LogP contribution in [0, 0.1) is 33.6 Å². The molecule has 0 amide bonds. The van der Waals surface area contributed by atoms with Gasteiger partial charge in [-0.15, -0.1) is 0 Å². The predicted molar refractivity (Wildman–Crippen MR) is 247 cm³/mol. The number of carbonyl (C=O) groups is 1. The van der Waals surface area contributed by atoms with Crippen molar-refractivity contribution in [3.05, 3.63) is 149 Å². The van der Waals surface area contributed by atoms with E-state index >= 15 is 0 Å². The number of carboxylic acid groups (broad SMARTS) is 1. The number of hydrogen-bond acceptors (Lipinski definition) is 3. The number of rotatable bonds is 10. The second-order valence-corrected chi connectivity index (χ2v) is 17.1. The fraction of sp³-hybridized carbons (Fsp3) is 0.364. The van der Waals surface area contributed by atoms with Crippen LogP contribution in [0.3, 0.4) is 0 Å². The summed E-state index contributed by atoms with van der Waals surface area (Å²) in [5.74, 6) is 3.44. The zero-order chi connectivity index (χ0) is 42.7. The summed E-state index contributed by atoms with van der Waals surface area (Å²) in [5, 5.41) is 14.8. The molecule has 0 unspecified atom stereocenters. The van der Waals surface area contributed by atoms with E-state index in [-0.39, 0.29) is 5.92 Å². The van der Waals surface area contributed by atoms with Gasteiger partial charge in [0.25, 0.3) is 0 Å². The smallest absolute Gasteiger partial charge is 0.336 e. The highest BCUT2D eigenvalue weighted by atomic mass is 16.5. The zero-order valence-corrected chi connectivity index (χ0v) is 37.6. The van der Waals surface area contributed by atoms with Crippen molar-refractivity contribution in [3.8, 4) is 23.0 Å². The third kappa shape index (κ3) is 8.83. The lowest BCUT2D eigenvalue weighted by Gasteiger charge is -2.25. The van der Waals surface area contributed by atoms with Gasteiger partial charge in [0.2, 0.25) is 0 Å². The molecule has 0 radical (unpaired) electrons. The topological polar surface area (TPSA) is 55.8 Å². The molecule has 59 heavy (non-hydrogen) atoms. The van der Waals surface area contributed by atoms with E-state index in [1.165, 1.54) is 49.4 Å². The second-order valence-electron chi connectivity index (χ2n) is 17.1. The van der Waals surface area contributed by atoms with Crippen LogP contribution in [0.25, 0.3) is 23.3 Å². The minimum absolute atomic E-state index is 0.290. The number of aryl methyl sites for hydroxylation is 6. The van der Waals surface area contributed by atoms with Gasteiger partial charge in [0.15, 0.2) is 0 Å². The van der Waals surface area contributed by atoms with Gasteiger partial charge >= 0.3 is 5.97 Å². The maximum atomic E-state index is 12.3. The number of ether oxygens (including phenoxy) is 2. The molecule has 1 N–H and O–H groups in total. The molecule has 2 aliphatic rings. The monoisotopic (exact) mass is 788 g/mol. The molecular formula is C55H64O4. The highest BCUT2D eigenvalue weighted by Gasteiger charge is 2.26. The molecule has 0 spiro atoms. The van der Waals surface area contributed by atoms with E-state index in [4.69, 9.17) is 9.47 Å². The molecule has 0 atom stereocenters. The first kappa shape index (κ1) is 43.2. The summed E-state index contributed by atoms with van der Waals surface area (Å²) in [6.07, 6.45) is 10.8. The van der Waals surface area contributed by atoms with Crippen LogP contribution in [0.2, 0.25) is 0 Å². The lowest BCUT2D eigenvalue weighted by molar-refractivity contribution is 0.0696. The summed E-state index contributed by atoms with van der Waals surface area (Å²) in [5.41, 5.74) is 14.5. The van der Waals surface area contributed by atoms with Gasteiger partial charge in [-0.3, -0.25) is 0 Å². The Balaban J connectivity index is 0.000000208. The largest absolute Gasteiger partial charge is 0.478 e. The van der Waals surface area contributed by atoms with Crippen molar-refractivity contribution in [1.29, 1.82) is 0 Å². The summed E-state index contributed by atoms with van der Waals surface area (Å²) in [6, 6.07) is 23.4. The minimum Gasteiger partial charge on any atom is -0.478 e. The fourth-order valence-corrected chi connectivity index (χ4v) is 8.73. The van der Waals surface area contributed by atoms with Gasteiger partial charge in [-0.1, -0.05) is 86.4 Å². The van der Waals surface area contributed by atoms with Crippen LogP contribution in [0.15, 0.2) is 66.7 Å². The summed E-state index contributed by atoms with van der Waals surface area (Å²) in [4.78, 5) is 12.3. The number of hydrogen-bond donors (Lipinski definition) is 1. The third-order valence-corrected chi connectivity index (χ3v) is 11.8. The van der Waals surface area contributed by atoms with Gasteiger partial charge in [-0.2, -0.15) is 0 Å². The SMILES string of the molecule is CC/C=c1/cc2c(cc1C)=C(C(C)C)c1cc(C)c(CCC)cc1O2.CC/C=c1/cc2c(cc1C)=C(c1cc(C(C)C)ccc1C(=O)O)c1cc(C)c(CCC)cc1O2. The van der Waals surface area contributed by atoms with Crippen LogP contribution in [-0.2, 0) is 12.8 Å². The Bertz CT molecular complexity index is 2670. The van der Waals surface area contributed by atoms with Crippen molar-refractivity contribution in [2.24, 2.45) is 5.92 Å². The van der Waals surface area contributed by atoms with Crippen LogP contribution in [0.5, 0.6) is 23.0 Å². The van der Waals surface area contributed by atoms with Gasteiger partial charge in [0.05, 0.1) is 5.56 Å². The van der Waals surface area contributed by atoms with Gasteiger partial charge in [-0.05, 0) is 186 Å². The van der Waals surface area contributed by atoms with Crippen molar-refractivity contribution in [1.82, 2.24) is 0 Å². The average Bonchev–Trinajstić information content (AvgIpc) is 3.18. The van der Waals surface area contributed by atoms with Gasteiger partial charge in [0.1, 0.15) is 23.0 Å². The van der Waals surface area contributed by atoms with Crippen molar-refractivity contribution >= 4 is 29.3 Å². The van der Waals surface area contributed by atoms with E-state index in [0.29, 0.717) is 11.5 Å². The molecular weight excluding hydrogens is 725 g/mol. The summed E-state index contributed by atoms with van der Waals surface area (Å²) in [7, 11) is 0. The average molecular weight is 789 g/mol. The highest BCUT2D eigenvalue weighted by Crippen LogP contribution is 2.41. The fourth-order valence-electron chi connectivity index (χ4n) is 8.73. The second kappa shape index (κ2) is 18.3. The standard InChI is InChI=1S/C31H34O3.C24H30O/c1-7-9-22-16-28-26(13-19(22)5)30(25-15-21(18(3)4)11-12-24(25)31(32)33)27-14-20(6)23(10-8-2)17-29(27)34-28;1-7-9-18-13-22-20(11-16(18)5)24(15(3)4)21-12-17(6)19(10-8-2)14-23(21)25-22/h9,11-18H,7-8,10H2,1-6H3,(H,32,33);9,11-15H,7-8,10H2,1-6H3/b22-9-;18-9-. The van der Waals surface area contributed by atoms with Crippen LogP contribution in [0.4, 0.5) is 0 Å². The first-order chi connectivity index (χ1) is 28.2. The molecule has 2 aliphatic heterocycles. The summed E-state index contributed by atoms with van der Waals surface area (Å²) < 4.78 is 12.9. The molecule has 7 rings (SSSR count). The molecule has 0 aromatic heterocycles. The van der Waals surface area contributed by atoms with Gasteiger partial charge < -0.3 is 14.6 Å². The van der Waals surface area contributed by atoms with Crippen LogP contribution < -0.4 is 30.3 Å². The Morgan fingerprint density at radius 3 is 1.58 bits per heavy atom. The number of aromatic carboxylic acids is 1. The van der Waals surface area contributed by atoms with Crippen molar-refractivity contribution in [3.63, 3.8) is 0 Å². The number of benzene rings is 5. The Labute approximate surface area is 352 Å². The molecule has 0 bridgehead atoms. The normalized spacial score (nSPS) is 13.3. The summed E-state index contributed by atoms with van der Waals surface area (Å²) >= 11 is 0. The van der Waals surface area contributed by atoms with Crippen molar-refractivity contribution < 1.29 is 19.4 Å². The lowest BCUT2D eigenvalue weighted by Crippen LogP contribution is -2.23. The highest BCUT2D eigenvalue weighted by molar-refractivity contribution is 5.98. The molecule has 308 valence electrons. The first-order valence-corrected chi connectivity index (χ1v) is 21.9. The molecule has 0 aliphatic carbocycles. The molecule has 5 aromatic carbocycles. The van der Waals surface area contributed by atoms with E-state index in [9.17, 15) is 9.90 Å². The van der Waals surface area contributed by atoms with E-state index in [2.05, 4.69) is 150 Å². The zero-order valence-electron chi connectivity index (χ0n) is 37.6. The third-order valence-electron chi connectivity index (χ3n) is 11.8. The lowest BCUT2D eigenvalue weighted by atomic mass is 9.85. The van der Waals surface area contributed by atoms with Crippen molar-refractivity contribution in [2.45, 2.75) is 128 Å². The molecule has 0 fully saturated rings. The predicted octanol–water partition coefficient (Wildman–Crippen LogP) is 12.0. The molecule has 0 saturated heterocycles. The van der Waals surface area contributed by atoms with E-state index in [1.54, 1.807) is 6.07 Å². The van der Waals surface area contributed by atoms with Crippen LogP contribution >= 0.6 is 0 Å². The minimum atomic E-state index is -0.917. The molecule has 4 nitrogen and oxygen atoms in total. The Kier molecular flexibility index (Phi) is 13.4. The van der Waals surface area contributed by atoms with Gasteiger partial charge in [-0.25, -0.2) is 4.79 Å². The van der Waals surface area contributed by atoms with Crippen molar-refractivity contribution in [2.75, 3.05) is 0 Å². The van der Waals surface area contributed by atoms with E-state index in [0.717, 1.165) is 99.8 Å². The van der Waals surface area contributed by atoms with Gasteiger partial charge in [0, 0.05) is 27.1 Å². The number of fused-ring (bicyclic) bond motifs is 4. The van der Waals surface area contributed by atoms with E-state index < -0.39 is 5.97 Å². The van der Waals surface area contributed by atoms with Crippen LogP contribution in [-0.4, -0.2) is 11.1 Å². The Hall–Kier alpha value is -5.35. The quantitative estimate of drug-likeness (QED) is 0.150. The molecule has 2 heterocycles. The molecule has 4 heteroatoms. The Morgan fingerprint density at radius 2 is 1.08 bits per heavy atom. The maximum Gasteiger partial charge on any atom is 0.336 e. The first-order valence-electron chi connectivity index (χ1n) is 21.9. The maximum absolute atomic E-state index is 12.3. The summed E-state index contributed by atoms with van der Waals surface area (Å²) in [6.45, 7) is 26.2. The molecule has 0 saturated carbocycles. The Morgan fingerprint density at radius 1 is 0.576 bits per heavy atom. The van der Waals surface area contributed by atoms with Crippen LogP contribution in [0.1, 0.15) is 153 Å².